The number of hydrogen-bond acceptors (Lipinski definition) is 2. The Balaban J connectivity index is 2.30. The summed E-state index contributed by atoms with van der Waals surface area (Å²) in [7, 11) is -0.193. The fourth-order valence-electron chi connectivity index (χ4n) is 2.22. The molecule has 0 unspecified atom stereocenters. The van der Waals surface area contributed by atoms with Crippen LogP contribution in [-0.4, -0.2) is 21.3 Å². The molecule has 0 radical (unpaired) electrons. The maximum atomic E-state index is 12.0. The fourth-order valence-corrected chi connectivity index (χ4v) is 3.25. The maximum Gasteiger partial charge on any atom is 0.251 e. The predicted molar refractivity (Wildman–Crippen MR) is 103 cm³/mol. The summed E-state index contributed by atoms with van der Waals surface area (Å²) in [4.78, 5) is 12.0. The highest BCUT2D eigenvalue weighted by Gasteiger charge is 2.38. The van der Waals surface area contributed by atoms with Crippen molar-refractivity contribution in [2.45, 2.75) is 38.9 Å². The maximum absolute atomic E-state index is 12.0. The van der Waals surface area contributed by atoms with Crippen molar-refractivity contribution in [3.63, 3.8) is 0 Å². The molecule has 0 aliphatic carbocycles. The summed E-state index contributed by atoms with van der Waals surface area (Å²) in [6.45, 7) is 11.2. The van der Waals surface area contributed by atoms with Gasteiger partial charge in [0.25, 0.3) is 5.91 Å². The zero-order valence-electron chi connectivity index (χ0n) is 15.4. The van der Waals surface area contributed by atoms with Gasteiger partial charge in [-0.2, -0.15) is 0 Å². The lowest BCUT2D eigenvalue weighted by atomic mass is 9.99. The number of carbonyl (C=O) groups excluding carboxylic acids is 1. The van der Waals surface area contributed by atoms with E-state index in [0.717, 1.165) is 16.9 Å². The Bertz CT molecular complexity index is 715. The number of carbonyl (C=O) groups is 1. The van der Waals surface area contributed by atoms with Gasteiger partial charge < -0.3 is 9.74 Å². The van der Waals surface area contributed by atoms with Crippen molar-refractivity contribution in [2.24, 2.45) is 0 Å². The Morgan fingerprint density at radius 2 is 1.58 bits per heavy atom. The monoisotopic (exact) mass is 341 g/mol. The van der Waals surface area contributed by atoms with E-state index < -0.39 is 8.32 Å². The van der Waals surface area contributed by atoms with Crippen molar-refractivity contribution in [3.05, 3.63) is 54.1 Å². The normalized spacial score (nSPS) is 11.9. The number of hydrogen-bond donors (Lipinski definition) is 1. The van der Waals surface area contributed by atoms with Gasteiger partial charge in [0.15, 0.2) is 0 Å². The van der Waals surface area contributed by atoms with Gasteiger partial charge in [-0.3, -0.25) is 4.79 Å². The molecule has 128 valence electrons. The predicted octanol–water partition coefficient (Wildman–Crippen LogP) is 5.10. The van der Waals surface area contributed by atoms with E-state index in [2.05, 4.69) is 39.2 Å². The number of benzene rings is 2. The van der Waals surface area contributed by atoms with Gasteiger partial charge in [-0.1, -0.05) is 51.1 Å². The minimum Gasteiger partial charge on any atom is -0.544 e. The van der Waals surface area contributed by atoms with Crippen LogP contribution in [0.25, 0.3) is 11.1 Å². The molecule has 0 atom stereocenters. The van der Waals surface area contributed by atoms with Gasteiger partial charge in [-0.05, 0) is 47.5 Å². The van der Waals surface area contributed by atoms with Gasteiger partial charge in [-0.25, -0.2) is 0 Å². The minimum atomic E-state index is -1.84. The van der Waals surface area contributed by atoms with Gasteiger partial charge in [0, 0.05) is 12.6 Å². The molecule has 1 N–H and O–H groups in total. The summed E-state index contributed by atoms with van der Waals surface area (Å²) in [5, 5.41) is 2.86. The van der Waals surface area contributed by atoms with Gasteiger partial charge >= 0.3 is 0 Å². The van der Waals surface area contributed by atoms with Crippen LogP contribution in [0, 0.1) is 0 Å². The second-order valence-corrected chi connectivity index (χ2v) is 12.2. The van der Waals surface area contributed by atoms with Gasteiger partial charge in [0.2, 0.25) is 8.32 Å². The Morgan fingerprint density at radius 3 is 2.12 bits per heavy atom. The van der Waals surface area contributed by atoms with Crippen LogP contribution in [0.4, 0.5) is 0 Å². The molecule has 24 heavy (non-hydrogen) atoms. The van der Waals surface area contributed by atoms with Crippen molar-refractivity contribution in [1.29, 1.82) is 0 Å². The highest BCUT2D eigenvalue weighted by Crippen LogP contribution is 2.37. The van der Waals surface area contributed by atoms with Crippen molar-refractivity contribution in [3.8, 4) is 16.9 Å². The van der Waals surface area contributed by atoms with Crippen molar-refractivity contribution in [2.75, 3.05) is 7.05 Å². The Morgan fingerprint density at radius 1 is 1.00 bits per heavy atom. The second kappa shape index (κ2) is 6.81. The van der Waals surface area contributed by atoms with Crippen LogP contribution in [0.1, 0.15) is 31.1 Å². The largest absolute Gasteiger partial charge is 0.544 e. The van der Waals surface area contributed by atoms with Crippen LogP contribution in [0.2, 0.25) is 18.1 Å². The Kier molecular flexibility index (Phi) is 5.18. The average molecular weight is 342 g/mol. The summed E-state index contributed by atoms with van der Waals surface area (Å²) in [5.74, 6) is 0.815. The summed E-state index contributed by atoms with van der Waals surface area (Å²) in [6.07, 6.45) is 0. The molecule has 0 saturated heterocycles. The van der Waals surface area contributed by atoms with Crippen LogP contribution >= 0.6 is 0 Å². The molecule has 0 bridgehead atoms. The third-order valence-corrected chi connectivity index (χ3v) is 9.10. The molecule has 0 saturated carbocycles. The quantitative estimate of drug-likeness (QED) is 0.786. The van der Waals surface area contributed by atoms with E-state index in [1.54, 1.807) is 7.05 Å². The highest BCUT2D eigenvalue weighted by atomic mass is 28.4. The third kappa shape index (κ3) is 3.87. The van der Waals surface area contributed by atoms with E-state index in [0.29, 0.717) is 5.56 Å². The molecule has 3 nitrogen and oxygen atoms in total. The number of amides is 1. The van der Waals surface area contributed by atoms with Crippen molar-refractivity contribution < 1.29 is 9.22 Å². The van der Waals surface area contributed by atoms with Crippen LogP contribution in [-0.2, 0) is 0 Å². The van der Waals surface area contributed by atoms with Crippen molar-refractivity contribution >= 4 is 14.2 Å². The lowest BCUT2D eigenvalue weighted by Gasteiger charge is -2.36. The zero-order valence-corrected chi connectivity index (χ0v) is 16.4. The van der Waals surface area contributed by atoms with Crippen LogP contribution in [0.5, 0.6) is 5.75 Å². The Hall–Kier alpha value is -2.07. The smallest absolute Gasteiger partial charge is 0.251 e. The highest BCUT2D eigenvalue weighted by molar-refractivity contribution is 6.74. The fraction of sp³-hybridized carbons (Fsp3) is 0.350. The average Bonchev–Trinajstić information content (AvgIpc) is 2.53. The molecule has 0 spiro atoms. The number of rotatable bonds is 4. The summed E-state index contributed by atoms with van der Waals surface area (Å²) < 4.78 is 6.32. The molecule has 2 aromatic rings. The molecular formula is C20H27NO2Si. The molecule has 0 aliphatic heterocycles. The zero-order chi connectivity index (χ0) is 18.0. The van der Waals surface area contributed by atoms with Crippen molar-refractivity contribution in [1.82, 2.24) is 5.32 Å². The first-order chi connectivity index (χ1) is 11.2. The van der Waals surface area contributed by atoms with Gasteiger partial charge in [0.05, 0.1) is 0 Å². The van der Waals surface area contributed by atoms with Crippen LogP contribution in [0.3, 0.4) is 0 Å². The molecule has 0 heterocycles. The van der Waals surface area contributed by atoms with E-state index in [1.807, 2.05) is 48.5 Å². The van der Waals surface area contributed by atoms with Gasteiger partial charge in [0.1, 0.15) is 5.75 Å². The van der Waals surface area contributed by atoms with E-state index in [9.17, 15) is 4.79 Å². The molecular weight excluding hydrogens is 314 g/mol. The lowest BCUT2D eigenvalue weighted by molar-refractivity contribution is 0.0963. The first-order valence-corrected chi connectivity index (χ1v) is 11.2. The van der Waals surface area contributed by atoms with E-state index in [4.69, 9.17) is 4.43 Å². The van der Waals surface area contributed by atoms with Crippen LogP contribution < -0.4 is 9.74 Å². The first-order valence-electron chi connectivity index (χ1n) is 8.26. The first kappa shape index (κ1) is 18.3. The van der Waals surface area contributed by atoms with E-state index in [1.165, 1.54) is 0 Å². The summed E-state index contributed by atoms with van der Waals surface area (Å²) in [6, 6.07) is 15.7. The lowest BCUT2D eigenvalue weighted by Crippen LogP contribution is -2.43. The molecule has 0 aliphatic rings. The molecule has 1 amide bonds. The topological polar surface area (TPSA) is 38.3 Å². The minimum absolute atomic E-state index is 0.0767. The molecule has 2 rings (SSSR count). The Labute approximate surface area is 146 Å². The van der Waals surface area contributed by atoms with E-state index >= 15 is 0 Å². The standard InChI is InChI=1S/C20H27NO2Si/c1-20(2,3)24(5,6)23-16-13-11-15(12-14-16)17-9-7-8-10-18(17)19(22)21-4/h7-14H,1-6H3,(H,21,22). The van der Waals surface area contributed by atoms with E-state index in [-0.39, 0.29) is 10.9 Å². The molecule has 2 aromatic carbocycles. The van der Waals surface area contributed by atoms with Gasteiger partial charge in [-0.15, -0.1) is 0 Å². The van der Waals surface area contributed by atoms with Crippen LogP contribution in [0.15, 0.2) is 48.5 Å². The molecule has 0 fully saturated rings. The second-order valence-electron chi connectivity index (χ2n) is 7.51. The summed E-state index contributed by atoms with van der Waals surface area (Å²) in [5.41, 5.74) is 2.62. The molecule has 0 aromatic heterocycles. The summed E-state index contributed by atoms with van der Waals surface area (Å²) >= 11 is 0. The SMILES string of the molecule is CNC(=O)c1ccccc1-c1ccc(O[Si](C)(C)C(C)(C)C)cc1. The number of nitrogens with one attached hydrogen (secondary N) is 1. The third-order valence-electron chi connectivity index (χ3n) is 4.74. The molecule has 4 heteroatoms.